The van der Waals surface area contributed by atoms with Crippen molar-refractivity contribution in [2.75, 3.05) is 17.3 Å². The molecule has 6 nitrogen and oxygen atoms in total. The van der Waals surface area contributed by atoms with Crippen LogP contribution in [0.3, 0.4) is 0 Å². The second-order valence-corrected chi connectivity index (χ2v) is 6.78. The van der Waals surface area contributed by atoms with Gasteiger partial charge in [0.2, 0.25) is 0 Å². The Morgan fingerprint density at radius 2 is 1.66 bits per heavy atom. The number of rotatable bonds is 4. The maximum Gasteiger partial charge on any atom is 0.266 e. The molecule has 0 bridgehead atoms. The first-order valence-corrected chi connectivity index (χ1v) is 9.10. The van der Waals surface area contributed by atoms with Crippen LogP contribution >= 0.6 is 11.6 Å². The summed E-state index contributed by atoms with van der Waals surface area (Å²) < 4.78 is 5.20. The lowest BCUT2D eigenvalue weighted by Crippen LogP contribution is -2.29. The number of fused-ring (bicyclic) bond motifs is 1. The molecule has 0 aliphatic carbocycles. The number of amides is 3. The molecular weight excluding hydrogens is 392 g/mol. The summed E-state index contributed by atoms with van der Waals surface area (Å²) in [6.07, 6.45) is 0. The van der Waals surface area contributed by atoms with E-state index in [2.05, 4.69) is 5.32 Å². The normalized spacial score (nSPS) is 12.7. The highest BCUT2D eigenvalue weighted by molar-refractivity contribution is 6.34. The summed E-state index contributed by atoms with van der Waals surface area (Å²) in [7, 11) is 1.44. The maximum absolute atomic E-state index is 12.8. The van der Waals surface area contributed by atoms with Gasteiger partial charge < -0.3 is 10.1 Å². The fourth-order valence-electron chi connectivity index (χ4n) is 3.18. The zero-order valence-electron chi connectivity index (χ0n) is 15.3. The molecule has 3 aromatic rings. The number of hydrogen-bond donors (Lipinski definition) is 1. The molecule has 0 unspecified atom stereocenters. The molecule has 0 saturated heterocycles. The van der Waals surface area contributed by atoms with Crippen molar-refractivity contribution in [1.82, 2.24) is 0 Å². The van der Waals surface area contributed by atoms with Crippen molar-refractivity contribution >= 4 is 40.7 Å². The molecule has 4 rings (SSSR count). The summed E-state index contributed by atoms with van der Waals surface area (Å²) in [6.45, 7) is 0. The highest BCUT2D eigenvalue weighted by Crippen LogP contribution is 2.30. The third kappa shape index (κ3) is 3.34. The maximum atomic E-state index is 12.8. The average molecular weight is 407 g/mol. The Hall–Kier alpha value is -3.64. The molecule has 1 aliphatic rings. The predicted molar refractivity (Wildman–Crippen MR) is 110 cm³/mol. The molecule has 1 heterocycles. The fraction of sp³-hybridized carbons (Fsp3) is 0.0455. The van der Waals surface area contributed by atoms with E-state index in [1.54, 1.807) is 54.6 Å². The van der Waals surface area contributed by atoms with Crippen LogP contribution in [0.5, 0.6) is 5.75 Å². The van der Waals surface area contributed by atoms with Crippen molar-refractivity contribution in [3.8, 4) is 5.75 Å². The third-order valence-corrected chi connectivity index (χ3v) is 4.80. The van der Waals surface area contributed by atoms with Gasteiger partial charge in [0.05, 0.1) is 29.5 Å². The minimum absolute atomic E-state index is 0.236. The van der Waals surface area contributed by atoms with E-state index in [1.165, 1.54) is 19.2 Å². The summed E-state index contributed by atoms with van der Waals surface area (Å²) >= 11 is 5.93. The van der Waals surface area contributed by atoms with Crippen LogP contribution in [-0.2, 0) is 0 Å². The lowest BCUT2D eigenvalue weighted by atomic mass is 10.1. The number of carbonyl (C=O) groups excluding carboxylic acids is 3. The molecule has 1 aliphatic heterocycles. The minimum atomic E-state index is -0.434. The summed E-state index contributed by atoms with van der Waals surface area (Å²) in [6, 6.07) is 18.0. The van der Waals surface area contributed by atoms with Gasteiger partial charge in [-0.15, -0.1) is 0 Å². The Balaban J connectivity index is 1.62. The Morgan fingerprint density at radius 3 is 2.38 bits per heavy atom. The molecule has 0 saturated carbocycles. The van der Waals surface area contributed by atoms with Gasteiger partial charge in [-0.25, -0.2) is 4.90 Å². The lowest BCUT2D eigenvalue weighted by molar-refractivity contribution is 0.0924. The van der Waals surface area contributed by atoms with Gasteiger partial charge in [0.15, 0.2) is 0 Å². The average Bonchev–Trinajstić information content (AvgIpc) is 2.98. The van der Waals surface area contributed by atoms with Crippen LogP contribution in [0.1, 0.15) is 31.1 Å². The largest absolute Gasteiger partial charge is 0.496 e. The first kappa shape index (κ1) is 18.7. The van der Waals surface area contributed by atoms with Gasteiger partial charge in [-0.2, -0.15) is 0 Å². The monoisotopic (exact) mass is 406 g/mol. The molecule has 3 aromatic carbocycles. The number of methoxy groups -OCH3 is 1. The molecule has 0 aromatic heterocycles. The van der Waals surface area contributed by atoms with E-state index in [0.717, 1.165) is 4.90 Å². The van der Waals surface area contributed by atoms with E-state index < -0.39 is 17.7 Å². The number of nitrogens with one attached hydrogen (secondary N) is 1. The van der Waals surface area contributed by atoms with Gasteiger partial charge in [-0.05, 0) is 48.5 Å². The number of anilines is 2. The van der Waals surface area contributed by atoms with E-state index in [0.29, 0.717) is 33.3 Å². The second kappa shape index (κ2) is 7.41. The Morgan fingerprint density at radius 1 is 0.931 bits per heavy atom. The predicted octanol–water partition coefficient (Wildman–Crippen LogP) is 4.40. The number of para-hydroxylation sites is 1. The summed E-state index contributed by atoms with van der Waals surface area (Å²) in [4.78, 5) is 39.2. The van der Waals surface area contributed by atoms with Crippen LogP contribution in [0.15, 0.2) is 66.7 Å². The van der Waals surface area contributed by atoms with E-state index in [9.17, 15) is 14.4 Å². The first-order valence-electron chi connectivity index (χ1n) is 8.72. The fourth-order valence-corrected chi connectivity index (χ4v) is 3.34. The van der Waals surface area contributed by atoms with Crippen molar-refractivity contribution in [2.24, 2.45) is 0 Å². The number of carbonyl (C=O) groups is 3. The molecule has 0 fully saturated rings. The smallest absolute Gasteiger partial charge is 0.266 e. The highest BCUT2D eigenvalue weighted by atomic mass is 35.5. The van der Waals surface area contributed by atoms with Crippen LogP contribution in [0, 0.1) is 0 Å². The number of imide groups is 1. The van der Waals surface area contributed by atoms with Gasteiger partial charge >= 0.3 is 0 Å². The molecule has 144 valence electrons. The Kier molecular flexibility index (Phi) is 4.78. The van der Waals surface area contributed by atoms with E-state index in [4.69, 9.17) is 16.3 Å². The standard InChI is InChI=1S/C22H15ClN2O4/c1-29-19-11-13(23)7-9-17(19)20(26)24-14-8-10-16-18(12-14)22(28)25(21(16)27)15-5-3-2-4-6-15/h2-12H,1H3,(H,24,26). The summed E-state index contributed by atoms with van der Waals surface area (Å²) in [5.74, 6) is -0.919. The van der Waals surface area contributed by atoms with Gasteiger partial charge in [-0.3, -0.25) is 14.4 Å². The van der Waals surface area contributed by atoms with Gasteiger partial charge in [0.25, 0.3) is 17.7 Å². The highest BCUT2D eigenvalue weighted by Gasteiger charge is 2.36. The molecule has 1 N–H and O–H groups in total. The number of benzene rings is 3. The summed E-state index contributed by atoms with van der Waals surface area (Å²) in [5, 5.41) is 3.17. The SMILES string of the molecule is COc1cc(Cl)ccc1C(=O)Nc1ccc2c(c1)C(=O)N(c1ccccc1)C2=O. The molecule has 0 radical (unpaired) electrons. The van der Waals surface area contributed by atoms with Crippen LogP contribution in [0.25, 0.3) is 0 Å². The van der Waals surface area contributed by atoms with Crippen molar-refractivity contribution in [1.29, 1.82) is 0 Å². The number of ether oxygens (including phenoxy) is 1. The quantitative estimate of drug-likeness (QED) is 0.651. The van der Waals surface area contributed by atoms with Crippen molar-refractivity contribution < 1.29 is 19.1 Å². The van der Waals surface area contributed by atoms with Crippen LogP contribution in [-0.4, -0.2) is 24.8 Å². The van der Waals surface area contributed by atoms with Crippen LogP contribution in [0.4, 0.5) is 11.4 Å². The molecule has 0 atom stereocenters. The topological polar surface area (TPSA) is 75.7 Å². The van der Waals surface area contributed by atoms with Gasteiger partial charge in [-0.1, -0.05) is 29.8 Å². The van der Waals surface area contributed by atoms with E-state index >= 15 is 0 Å². The van der Waals surface area contributed by atoms with Crippen LogP contribution < -0.4 is 15.0 Å². The molecule has 3 amide bonds. The van der Waals surface area contributed by atoms with Crippen molar-refractivity contribution in [3.63, 3.8) is 0 Å². The Labute approximate surface area is 171 Å². The van der Waals surface area contributed by atoms with Gasteiger partial charge in [0, 0.05) is 10.7 Å². The lowest BCUT2D eigenvalue weighted by Gasteiger charge is -2.13. The number of nitrogens with zero attached hydrogens (tertiary/aromatic N) is 1. The van der Waals surface area contributed by atoms with E-state index in [-0.39, 0.29) is 5.56 Å². The minimum Gasteiger partial charge on any atom is -0.496 e. The van der Waals surface area contributed by atoms with Crippen LogP contribution in [0.2, 0.25) is 5.02 Å². The van der Waals surface area contributed by atoms with Crippen molar-refractivity contribution in [3.05, 3.63) is 88.4 Å². The third-order valence-electron chi connectivity index (χ3n) is 4.57. The second-order valence-electron chi connectivity index (χ2n) is 6.34. The number of halogens is 1. The van der Waals surface area contributed by atoms with E-state index in [1.807, 2.05) is 0 Å². The molecule has 29 heavy (non-hydrogen) atoms. The first-order chi connectivity index (χ1) is 14.0. The zero-order chi connectivity index (χ0) is 20.5. The summed E-state index contributed by atoms with van der Waals surface area (Å²) in [5.41, 5.74) is 1.71. The van der Waals surface area contributed by atoms with Crippen molar-refractivity contribution in [2.45, 2.75) is 0 Å². The molecule has 7 heteroatoms. The molecular formula is C22H15ClN2O4. The number of hydrogen-bond acceptors (Lipinski definition) is 4. The zero-order valence-corrected chi connectivity index (χ0v) is 16.1. The van der Waals surface area contributed by atoms with Gasteiger partial charge in [0.1, 0.15) is 5.75 Å². The Bertz CT molecular complexity index is 1140. The molecule has 0 spiro atoms.